The second kappa shape index (κ2) is 7.18. The van der Waals surface area contributed by atoms with E-state index < -0.39 is 0 Å². The van der Waals surface area contributed by atoms with Crippen LogP contribution in [-0.2, 0) is 5.41 Å². The summed E-state index contributed by atoms with van der Waals surface area (Å²) in [5, 5.41) is 0. The van der Waals surface area contributed by atoms with Crippen molar-refractivity contribution >= 4 is 12.2 Å². The molecule has 0 amide bonds. The molecular formula is C33H28. The molecular weight excluding hydrogens is 396 g/mol. The Bertz CT molecular complexity index is 1370. The van der Waals surface area contributed by atoms with Crippen LogP contribution in [0, 0.1) is 0 Å². The van der Waals surface area contributed by atoms with Crippen LogP contribution in [0.3, 0.4) is 0 Å². The molecule has 0 aromatic heterocycles. The fraction of sp³-hybridized carbons (Fsp3) is 0.152. The first kappa shape index (κ1) is 20.0. The van der Waals surface area contributed by atoms with Crippen LogP contribution < -0.4 is 0 Å². The van der Waals surface area contributed by atoms with Gasteiger partial charge in [-0.25, -0.2) is 0 Å². The molecule has 0 atom stereocenters. The minimum Gasteiger partial charge on any atom is -0.0758 e. The molecule has 0 nitrogen and oxygen atoms in total. The second-order valence-corrected chi connectivity index (χ2v) is 9.89. The zero-order valence-corrected chi connectivity index (χ0v) is 19.7. The number of benzene rings is 4. The van der Waals surface area contributed by atoms with Gasteiger partial charge in [0.2, 0.25) is 0 Å². The van der Waals surface area contributed by atoms with Crippen molar-refractivity contribution < 1.29 is 0 Å². The molecule has 1 spiro atoms. The lowest BCUT2D eigenvalue weighted by molar-refractivity contribution is 0.793. The van der Waals surface area contributed by atoms with Crippen LogP contribution >= 0.6 is 0 Å². The van der Waals surface area contributed by atoms with Crippen LogP contribution in [0.2, 0.25) is 0 Å². The number of hydrogen-bond acceptors (Lipinski definition) is 0. The maximum Gasteiger partial charge on any atom is 0.0725 e. The van der Waals surface area contributed by atoms with Crippen LogP contribution in [0.5, 0.6) is 0 Å². The molecule has 0 radical (unpaired) electrons. The molecule has 0 heteroatoms. The van der Waals surface area contributed by atoms with Crippen molar-refractivity contribution in [3.63, 3.8) is 0 Å². The summed E-state index contributed by atoms with van der Waals surface area (Å²) in [4.78, 5) is 0. The highest BCUT2D eigenvalue weighted by Gasteiger charge is 2.51. The minimum absolute atomic E-state index is 0.283. The highest BCUT2D eigenvalue weighted by molar-refractivity contribution is 5.95. The zero-order valence-electron chi connectivity index (χ0n) is 19.7. The molecule has 0 bridgehead atoms. The van der Waals surface area contributed by atoms with Crippen molar-refractivity contribution in [2.24, 2.45) is 0 Å². The monoisotopic (exact) mass is 424 g/mol. The van der Waals surface area contributed by atoms with Crippen LogP contribution in [0.4, 0.5) is 0 Å². The lowest BCUT2D eigenvalue weighted by Gasteiger charge is -2.31. The van der Waals surface area contributed by atoms with Gasteiger partial charge in [-0.15, -0.1) is 0 Å². The van der Waals surface area contributed by atoms with Gasteiger partial charge in [0.25, 0.3) is 0 Å². The Morgan fingerprint density at radius 1 is 0.485 bits per heavy atom. The van der Waals surface area contributed by atoms with E-state index in [1.165, 1.54) is 66.8 Å². The Morgan fingerprint density at radius 2 is 0.879 bits per heavy atom. The van der Waals surface area contributed by atoms with Crippen LogP contribution in [0.15, 0.2) is 96.1 Å². The van der Waals surface area contributed by atoms with Gasteiger partial charge in [0.1, 0.15) is 0 Å². The van der Waals surface area contributed by atoms with Crippen molar-refractivity contribution in [2.75, 3.05) is 0 Å². The summed E-state index contributed by atoms with van der Waals surface area (Å²) in [5.74, 6) is 0. The van der Waals surface area contributed by atoms with E-state index in [0.29, 0.717) is 0 Å². The van der Waals surface area contributed by atoms with Crippen molar-refractivity contribution in [2.45, 2.75) is 33.1 Å². The Kier molecular flexibility index (Phi) is 4.35. The van der Waals surface area contributed by atoms with Gasteiger partial charge in [0.05, 0.1) is 5.41 Å². The maximum absolute atomic E-state index is 2.43. The molecule has 2 aliphatic rings. The van der Waals surface area contributed by atoms with Crippen molar-refractivity contribution in [3.8, 4) is 22.3 Å². The first-order valence-electron chi connectivity index (χ1n) is 11.8. The molecule has 0 saturated heterocycles. The molecule has 0 aliphatic heterocycles. The predicted molar refractivity (Wildman–Crippen MR) is 141 cm³/mol. The van der Waals surface area contributed by atoms with E-state index in [-0.39, 0.29) is 5.41 Å². The molecule has 33 heavy (non-hydrogen) atoms. The molecule has 4 aromatic rings. The van der Waals surface area contributed by atoms with Crippen molar-refractivity contribution in [3.05, 3.63) is 129 Å². The molecule has 6 rings (SSSR count). The van der Waals surface area contributed by atoms with Crippen molar-refractivity contribution in [1.29, 1.82) is 0 Å². The average molecular weight is 425 g/mol. The summed E-state index contributed by atoms with van der Waals surface area (Å²) in [5.41, 5.74) is 15.9. The molecule has 4 aromatic carbocycles. The minimum atomic E-state index is -0.283. The van der Waals surface area contributed by atoms with E-state index in [2.05, 4.69) is 125 Å². The second-order valence-electron chi connectivity index (χ2n) is 9.89. The molecule has 2 aliphatic carbocycles. The SMILES string of the molecule is CC(C)=Cc1ccc2c(c1)C1(c3ccccc3-2)c2ccccc2-c2ccc(C=C(C)C)cc21. The van der Waals surface area contributed by atoms with E-state index in [1.807, 2.05) is 0 Å². The first-order chi connectivity index (χ1) is 16.0. The molecule has 0 heterocycles. The molecule has 0 fully saturated rings. The van der Waals surface area contributed by atoms with Gasteiger partial charge in [0, 0.05) is 0 Å². The smallest absolute Gasteiger partial charge is 0.0725 e. The third-order valence-corrected chi connectivity index (χ3v) is 7.05. The normalized spacial score (nSPS) is 13.7. The van der Waals surface area contributed by atoms with Crippen LogP contribution in [0.25, 0.3) is 34.4 Å². The van der Waals surface area contributed by atoms with Gasteiger partial charge >= 0.3 is 0 Å². The summed E-state index contributed by atoms with van der Waals surface area (Å²) >= 11 is 0. The van der Waals surface area contributed by atoms with Gasteiger partial charge < -0.3 is 0 Å². The Hall–Kier alpha value is -3.64. The highest BCUT2D eigenvalue weighted by Crippen LogP contribution is 2.62. The Morgan fingerprint density at radius 3 is 1.30 bits per heavy atom. The zero-order chi connectivity index (χ0) is 22.7. The number of hydrogen-bond donors (Lipinski definition) is 0. The van der Waals surface area contributed by atoms with Gasteiger partial charge in [-0.3, -0.25) is 0 Å². The fourth-order valence-corrected chi connectivity index (χ4v) is 6.02. The summed E-state index contributed by atoms with van der Waals surface area (Å²) in [6.07, 6.45) is 4.58. The highest BCUT2D eigenvalue weighted by atomic mass is 14.5. The number of rotatable bonds is 2. The summed E-state index contributed by atoms with van der Waals surface area (Å²) in [6, 6.07) is 32.1. The number of allylic oxidation sites excluding steroid dienone is 2. The topological polar surface area (TPSA) is 0 Å². The summed E-state index contributed by atoms with van der Waals surface area (Å²) < 4.78 is 0. The van der Waals surface area contributed by atoms with E-state index in [1.54, 1.807) is 0 Å². The van der Waals surface area contributed by atoms with Gasteiger partial charge in [-0.05, 0) is 95.5 Å². The third kappa shape index (κ3) is 2.77. The lowest BCUT2D eigenvalue weighted by atomic mass is 9.70. The molecule has 0 unspecified atom stereocenters. The van der Waals surface area contributed by atoms with Gasteiger partial charge in [-0.1, -0.05) is 96.1 Å². The molecule has 0 N–H and O–H groups in total. The van der Waals surface area contributed by atoms with E-state index in [9.17, 15) is 0 Å². The predicted octanol–water partition coefficient (Wildman–Crippen LogP) is 8.88. The average Bonchev–Trinajstić information content (AvgIpc) is 3.25. The summed E-state index contributed by atoms with van der Waals surface area (Å²) in [7, 11) is 0. The Labute approximate surface area is 196 Å². The van der Waals surface area contributed by atoms with Gasteiger partial charge in [-0.2, -0.15) is 0 Å². The van der Waals surface area contributed by atoms with Crippen LogP contribution in [-0.4, -0.2) is 0 Å². The third-order valence-electron chi connectivity index (χ3n) is 7.05. The summed E-state index contributed by atoms with van der Waals surface area (Å²) in [6.45, 7) is 8.68. The van der Waals surface area contributed by atoms with E-state index >= 15 is 0 Å². The first-order valence-corrected chi connectivity index (χ1v) is 11.8. The maximum atomic E-state index is 2.43. The standard InChI is InChI=1S/C33H28/c1-21(2)17-23-13-15-27-25-9-5-7-11-29(25)33(31(27)19-23)30-12-8-6-10-26(30)28-16-14-24(18-22(3)4)20-32(28)33/h5-20H,1-4H3. The number of fused-ring (bicyclic) bond motifs is 10. The van der Waals surface area contributed by atoms with Crippen molar-refractivity contribution in [1.82, 2.24) is 0 Å². The quantitative estimate of drug-likeness (QED) is 0.260. The van der Waals surface area contributed by atoms with Gasteiger partial charge in [0.15, 0.2) is 0 Å². The van der Waals surface area contributed by atoms with E-state index in [0.717, 1.165) is 0 Å². The largest absolute Gasteiger partial charge is 0.0758 e. The molecule has 0 saturated carbocycles. The van der Waals surface area contributed by atoms with E-state index in [4.69, 9.17) is 0 Å². The van der Waals surface area contributed by atoms with Crippen LogP contribution in [0.1, 0.15) is 61.1 Å². The Balaban J connectivity index is 1.78. The molecule has 160 valence electrons. The lowest BCUT2D eigenvalue weighted by Crippen LogP contribution is -2.26. The fourth-order valence-electron chi connectivity index (χ4n) is 6.02.